The third-order valence-electron chi connectivity index (χ3n) is 4.45. The van der Waals surface area contributed by atoms with Gasteiger partial charge in [-0.2, -0.15) is 0 Å². The molecule has 1 heterocycles. The van der Waals surface area contributed by atoms with Gasteiger partial charge in [0.2, 0.25) is 0 Å². The fourth-order valence-corrected chi connectivity index (χ4v) is 3.21. The minimum atomic E-state index is -0.478. The van der Waals surface area contributed by atoms with Gasteiger partial charge in [0.25, 0.3) is 0 Å². The summed E-state index contributed by atoms with van der Waals surface area (Å²) in [5.41, 5.74) is 11.9. The molecule has 0 aliphatic carbocycles. The van der Waals surface area contributed by atoms with Crippen molar-refractivity contribution in [2.45, 2.75) is 51.7 Å². The quantitative estimate of drug-likeness (QED) is 0.362. The number of benzene rings is 1. The van der Waals surface area contributed by atoms with Gasteiger partial charge in [-0.25, -0.2) is 4.79 Å². The molecule has 0 aromatic heterocycles. The molecule has 1 aliphatic heterocycles. The van der Waals surface area contributed by atoms with Crippen molar-refractivity contribution in [1.29, 1.82) is 0 Å². The van der Waals surface area contributed by atoms with E-state index in [4.69, 9.17) is 10.3 Å². The highest BCUT2D eigenvalue weighted by atomic mass is 32.1. The van der Waals surface area contributed by atoms with Gasteiger partial charge in [-0.05, 0) is 62.9 Å². The van der Waals surface area contributed by atoms with E-state index in [9.17, 15) is 4.79 Å². The third-order valence-corrected chi connectivity index (χ3v) is 4.91. The van der Waals surface area contributed by atoms with Crippen molar-refractivity contribution in [3.05, 3.63) is 33.2 Å². The topological polar surface area (TPSA) is 81.5 Å². The molecule has 142 valence electrons. The summed E-state index contributed by atoms with van der Waals surface area (Å²) in [6.07, 6.45) is -0.257. The number of carbonyl (C=O) groups excluding carboxylic acids is 1. The molecule has 0 bridgehead atoms. The Morgan fingerprint density at radius 2 is 1.88 bits per heavy atom. The monoisotopic (exact) mass is 377 g/mol. The Labute approximate surface area is 160 Å². The first-order valence-electron chi connectivity index (χ1n) is 8.70. The molecule has 1 fully saturated rings. The smallest absolute Gasteiger partial charge is 0.410 e. The van der Waals surface area contributed by atoms with Crippen LogP contribution >= 0.6 is 12.6 Å². The first kappa shape index (κ1) is 20.4. The van der Waals surface area contributed by atoms with Crippen LogP contribution in [0, 0.1) is 13.8 Å². The standard InChI is InChI=1S/C18H27N5O2S/c1-12-14(10-15(26)13(2)16(12)20-21-19)11-22-6-8-23(9-7-22)17(24)25-18(3,4)5/h10,26H,6-9,11H2,1-5H3. The molecule has 1 aromatic rings. The maximum Gasteiger partial charge on any atom is 0.410 e. The maximum absolute atomic E-state index is 12.2. The first-order valence-corrected chi connectivity index (χ1v) is 9.14. The predicted molar refractivity (Wildman–Crippen MR) is 105 cm³/mol. The van der Waals surface area contributed by atoms with Crippen molar-refractivity contribution in [2.24, 2.45) is 5.11 Å². The number of carbonyl (C=O) groups is 1. The van der Waals surface area contributed by atoms with Crippen molar-refractivity contribution >= 4 is 24.4 Å². The van der Waals surface area contributed by atoms with Crippen LogP contribution in [0.25, 0.3) is 10.4 Å². The van der Waals surface area contributed by atoms with Gasteiger partial charge in [-0.1, -0.05) is 5.11 Å². The van der Waals surface area contributed by atoms with Gasteiger partial charge in [0.1, 0.15) is 5.60 Å². The summed E-state index contributed by atoms with van der Waals surface area (Å²) in [6.45, 7) is 13.0. The van der Waals surface area contributed by atoms with Gasteiger partial charge < -0.3 is 9.64 Å². The van der Waals surface area contributed by atoms with Crippen molar-refractivity contribution in [3.8, 4) is 0 Å². The fourth-order valence-electron chi connectivity index (χ4n) is 2.95. The highest BCUT2D eigenvalue weighted by Gasteiger charge is 2.26. The van der Waals surface area contributed by atoms with Crippen LogP contribution in [0.4, 0.5) is 10.5 Å². The van der Waals surface area contributed by atoms with E-state index < -0.39 is 5.60 Å². The highest BCUT2D eigenvalue weighted by molar-refractivity contribution is 7.80. The van der Waals surface area contributed by atoms with Crippen molar-refractivity contribution in [1.82, 2.24) is 9.80 Å². The van der Waals surface area contributed by atoms with Crippen LogP contribution in [0.2, 0.25) is 0 Å². The van der Waals surface area contributed by atoms with Crippen molar-refractivity contribution in [3.63, 3.8) is 0 Å². The van der Waals surface area contributed by atoms with Crippen LogP contribution in [0.3, 0.4) is 0 Å². The minimum absolute atomic E-state index is 0.257. The Morgan fingerprint density at radius 1 is 1.27 bits per heavy atom. The lowest BCUT2D eigenvalue weighted by molar-refractivity contribution is 0.0139. The summed E-state index contributed by atoms with van der Waals surface area (Å²) in [5.74, 6) is 0. The van der Waals surface area contributed by atoms with E-state index in [1.165, 1.54) is 0 Å². The van der Waals surface area contributed by atoms with Gasteiger partial charge in [0.15, 0.2) is 0 Å². The van der Waals surface area contributed by atoms with E-state index in [1.807, 2.05) is 40.7 Å². The second-order valence-electron chi connectivity index (χ2n) is 7.59. The van der Waals surface area contributed by atoms with E-state index in [1.54, 1.807) is 4.90 Å². The SMILES string of the molecule is Cc1c(S)cc(CN2CCN(C(=O)OC(C)(C)C)CC2)c(C)c1N=[N+]=[N-]. The van der Waals surface area contributed by atoms with Gasteiger partial charge in [0.05, 0.1) is 0 Å². The van der Waals surface area contributed by atoms with E-state index in [0.717, 1.165) is 41.2 Å². The number of piperazine rings is 1. The van der Waals surface area contributed by atoms with E-state index in [2.05, 4.69) is 27.6 Å². The van der Waals surface area contributed by atoms with Gasteiger partial charge in [-0.15, -0.1) is 12.6 Å². The summed E-state index contributed by atoms with van der Waals surface area (Å²) in [7, 11) is 0. The maximum atomic E-state index is 12.2. The van der Waals surface area contributed by atoms with Crippen molar-refractivity contribution < 1.29 is 9.53 Å². The molecule has 0 unspecified atom stereocenters. The zero-order chi connectivity index (χ0) is 19.5. The second-order valence-corrected chi connectivity index (χ2v) is 8.07. The number of nitrogens with zero attached hydrogens (tertiary/aromatic N) is 5. The summed E-state index contributed by atoms with van der Waals surface area (Å²) in [5, 5.41) is 3.83. The normalized spacial score (nSPS) is 15.5. The zero-order valence-corrected chi connectivity index (χ0v) is 17.0. The van der Waals surface area contributed by atoms with Gasteiger partial charge >= 0.3 is 6.09 Å². The second kappa shape index (κ2) is 8.20. The molecule has 8 heteroatoms. The van der Waals surface area contributed by atoms with Gasteiger partial charge in [-0.3, -0.25) is 4.90 Å². The Kier molecular flexibility index (Phi) is 6.44. The number of amides is 1. The summed E-state index contributed by atoms with van der Waals surface area (Å²) < 4.78 is 5.43. The molecule has 1 saturated heterocycles. The molecular weight excluding hydrogens is 350 g/mol. The zero-order valence-electron chi connectivity index (χ0n) is 16.1. The lowest BCUT2D eigenvalue weighted by Gasteiger charge is -2.36. The molecule has 0 radical (unpaired) electrons. The van der Waals surface area contributed by atoms with Crippen LogP contribution in [0.1, 0.15) is 37.5 Å². The largest absolute Gasteiger partial charge is 0.444 e. The molecule has 0 N–H and O–H groups in total. The molecule has 1 aromatic carbocycles. The van der Waals surface area contributed by atoms with E-state index >= 15 is 0 Å². The highest BCUT2D eigenvalue weighted by Crippen LogP contribution is 2.32. The van der Waals surface area contributed by atoms with Gasteiger partial charge in [0, 0.05) is 48.2 Å². The lowest BCUT2D eigenvalue weighted by atomic mass is 10.0. The van der Waals surface area contributed by atoms with Crippen LogP contribution in [0.15, 0.2) is 16.1 Å². The van der Waals surface area contributed by atoms with Crippen molar-refractivity contribution in [2.75, 3.05) is 26.2 Å². The molecule has 7 nitrogen and oxygen atoms in total. The lowest BCUT2D eigenvalue weighted by Crippen LogP contribution is -2.49. The third kappa shape index (κ3) is 5.06. The number of azide groups is 1. The Morgan fingerprint density at radius 3 is 2.42 bits per heavy atom. The van der Waals surface area contributed by atoms with Crippen LogP contribution in [-0.4, -0.2) is 47.7 Å². The Hall–Kier alpha value is -1.89. The minimum Gasteiger partial charge on any atom is -0.444 e. The molecular formula is C18H27N5O2S. The average molecular weight is 378 g/mol. The van der Waals surface area contributed by atoms with Crippen LogP contribution < -0.4 is 0 Å². The van der Waals surface area contributed by atoms with E-state index in [-0.39, 0.29) is 6.09 Å². The molecule has 0 spiro atoms. The molecule has 2 rings (SSSR count). The molecule has 26 heavy (non-hydrogen) atoms. The first-order chi connectivity index (χ1) is 12.1. The Balaban J connectivity index is 2.04. The summed E-state index contributed by atoms with van der Waals surface area (Å²) in [6, 6.07) is 2.03. The molecule has 0 atom stereocenters. The number of ether oxygens (including phenoxy) is 1. The number of thiol groups is 1. The summed E-state index contributed by atoms with van der Waals surface area (Å²) >= 11 is 4.50. The number of hydrogen-bond acceptors (Lipinski definition) is 5. The molecule has 1 amide bonds. The Bertz CT molecular complexity index is 730. The fraction of sp³-hybridized carbons (Fsp3) is 0.611. The number of rotatable bonds is 3. The molecule has 1 aliphatic rings. The molecule has 0 saturated carbocycles. The average Bonchev–Trinajstić information content (AvgIpc) is 2.55. The van der Waals surface area contributed by atoms with Crippen LogP contribution in [-0.2, 0) is 11.3 Å². The van der Waals surface area contributed by atoms with Crippen LogP contribution in [0.5, 0.6) is 0 Å². The predicted octanol–water partition coefficient (Wildman–Crippen LogP) is 4.59. The summed E-state index contributed by atoms with van der Waals surface area (Å²) in [4.78, 5) is 19.9. The van der Waals surface area contributed by atoms with E-state index in [0.29, 0.717) is 18.8 Å². The number of hydrogen-bond donors (Lipinski definition) is 1.